The lowest BCUT2D eigenvalue weighted by Gasteiger charge is -2.16. The molecule has 3 heterocycles. The Hall–Kier alpha value is -4.60. The van der Waals surface area contributed by atoms with E-state index in [9.17, 15) is 9.59 Å². The van der Waals surface area contributed by atoms with Crippen molar-refractivity contribution in [1.29, 1.82) is 0 Å². The Kier molecular flexibility index (Phi) is 6.98. The Morgan fingerprint density at radius 1 is 0.975 bits per heavy atom. The fourth-order valence-corrected chi connectivity index (χ4v) is 4.91. The third-order valence-corrected chi connectivity index (χ3v) is 7.28. The van der Waals surface area contributed by atoms with E-state index in [-0.39, 0.29) is 12.0 Å². The molecule has 1 aliphatic rings. The van der Waals surface area contributed by atoms with Gasteiger partial charge in [-0.1, -0.05) is 72.2 Å². The number of hydrogen-bond donors (Lipinski definition) is 1. The van der Waals surface area contributed by atoms with Gasteiger partial charge in [0, 0.05) is 29.2 Å². The Labute approximate surface area is 230 Å². The van der Waals surface area contributed by atoms with Gasteiger partial charge in [-0.25, -0.2) is 9.78 Å². The summed E-state index contributed by atoms with van der Waals surface area (Å²) in [4.78, 5) is 37.3. The smallest absolute Gasteiger partial charge is 0.339 e. The van der Waals surface area contributed by atoms with Crippen LogP contribution in [0.2, 0.25) is 0 Å². The van der Waals surface area contributed by atoms with E-state index in [0.717, 1.165) is 66.0 Å². The molecule has 0 amide bonds. The van der Waals surface area contributed by atoms with E-state index < -0.39 is 5.76 Å². The van der Waals surface area contributed by atoms with Crippen LogP contribution in [-0.2, 0) is 19.4 Å². The first-order valence-electron chi connectivity index (χ1n) is 13.7. The molecule has 1 N–H and O–H groups in total. The molecule has 1 aliphatic carbocycles. The highest BCUT2D eigenvalue weighted by atomic mass is 16.5. The second kappa shape index (κ2) is 10.9. The van der Waals surface area contributed by atoms with E-state index in [0.29, 0.717) is 35.4 Å². The molecular formula is C30H30N6O4. The van der Waals surface area contributed by atoms with Crippen LogP contribution in [0.5, 0.6) is 0 Å². The largest absolute Gasteiger partial charge is 0.439 e. The van der Waals surface area contributed by atoms with Gasteiger partial charge in [-0.3, -0.25) is 18.9 Å². The van der Waals surface area contributed by atoms with Crippen molar-refractivity contribution in [3.63, 3.8) is 0 Å². The van der Waals surface area contributed by atoms with E-state index in [2.05, 4.69) is 27.2 Å². The number of aromatic nitrogens is 6. The molecule has 3 aromatic heterocycles. The van der Waals surface area contributed by atoms with Crippen LogP contribution in [0.3, 0.4) is 0 Å². The molecule has 0 unspecified atom stereocenters. The molecule has 0 bridgehead atoms. The standard InChI is InChI=1S/C30H30N6O4/c1-3-4-9-25-31-18(2)24(16-26-32-27(34-39-26)21-14-15-21)29(37)36(25)17-19-10-12-20(13-11-19)22-7-5-6-8-23(22)28-33-30(38)40-35-28/h5-8,10-13,21H,3-4,9,14-17H2,1-2H3,(H,33,35,38). The van der Waals surface area contributed by atoms with Crippen LogP contribution >= 0.6 is 0 Å². The summed E-state index contributed by atoms with van der Waals surface area (Å²) in [5.41, 5.74) is 4.80. The first kappa shape index (κ1) is 25.7. The zero-order valence-electron chi connectivity index (χ0n) is 22.5. The van der Waals surface area contributed by atoms with Gasteiger partial charge in [-0.05, 0) is 42.9 Å². The number of unbranched alkanes of at least 4 members (excludes halogenated alkanes) is 1. The average molecular weight is 539 g/mol. The Bertz CT molecular complexity index is 1760. The zero-order chi connectivity index (χ0) is 27.6. The first-order chi connectivity index (χ1) is 19.5. The summed E-state index contributed by atoms with van der Waals surface area (Å²) >= 11 is 0. The molecule has 0 atom stereocenters. The van der Waals surface area contributed by atoms with Crippen molar-refractivity contribution in [1.82, 2.24) is 29.8 Å². The summed E-state index contributed by atoms with van der Waals surface area (Å²) in [5.74, 6) is 2.13. The van der Waals surface area contributed by atoms with E-state index in [1.54, 1.807) is 4.57 Å². The highest BCUT2D eigenvalue weighted by Crippen LogP contribution is 2.38. The Balaban J connectivity index is 1.30. The van der Waals surface area contributed by atoms with Crippen molar-refractivity contribution in [3.05, 3.63) is 104 Å². The molecule has 0 radical (unpaired) electrons. The van der Waals surface area contributed by atoms with Gasteiger partial charge in [-0.2, -0.15) is 4.98 Å². The van der Waals surface area contributed by atoms with Crippen LogP contribution in [-0.4, -0.2) is 29.8 Å². The van der Waals surface area contributed by atoms with Crippen LogP contribution in [0.25, 0.3) is 22.5 Å². The topological polar surface area (TPSA) is 133 Å². The fourth-order valence-electron chi connectivity index (χ4n) is 4.91. The van der Waals surface area contributed by atoms with Crippen molar-refractivity contribution in [2.24, 2.45) is 0 Å². The molecule has 5 aromatic rings. The van der Waals surface area contributed by atoms with Gasteiger partial charge in [0.15, 0.2) is 11.6 Å². The van der Waals surface area contributed by atoms with Gasteiger partial charge in [-0.15, -0.1) is 0 Å². The molecule has 0 saturated heterocycles. The third-order valence-electron chi connectivity index (χ3n) is 7.28. The second-order valence-electron chi connectivity index (χ2n) is 10.3. The predicted molar refractivity (Wildman–Crippen MR) is 148 cm³/mol. The van der Waals surface area contributed by atoms with E-state index >= 15 is 0 Å². The minimum atomic E-state index is -0.599. The molecule has 1 saturated carbocycles. The van der Waals surface area contributed by atoms with Crippen LogP contribution < -0.4 is 11.3 Å². The molecule has 6 rings (SSSR count). The molecule has 1 fully saturated rings. The minimum Gasteiger partial charge on any atom is -0.339 e. The maximum absolute atomic E-state index is 13.8. The Morgan fingerprint density at radius 3 is 2.45 bits per heavy atom. The van der Waals surface area contributed by atoms with Crippen molar-refractivity contribution < 1.29 is 9.05 Å². The average Bonchev–Trinajstić information content (AvgIpc) is 3.56. The molecule has 10 nitrogen and oxygen atoms in total. The lowest BCUT2D eigenvalue weighted by atomic mass is 9.98. The van der Waals surface area contributed by atoms with Crippen molar-refractivity contribution >= 4 is 0 Å². The Morgan fingerprint density at radius 2 is 1.75 bits per heavy atom. The number of rotatable bonds is 10. The van der Waals surface area contributed by atoms with Crippen LogP contribution in [0.4, 0.5) is 0 Å². The first-order valence-corrected chi connectivity index (χ1v) is 13.7. The minimum absolute atomic E-state index is 0.0748. The van der Waals surface area contributed by atoms with Crippen LogP contribution in [0.1, 0.15) is 72.9 Å². The van der Waals surface area contributed by atoms with Crippen molar-refractivity contribution in [3.8, 4) is 22.5 Å². The monoisotopic (exact) mass is 538 g/mol. The van der Waals surface area contributed by atoms with Crippen molar-refractivity contribution in [2.75, 3.05) is 0 Å². The number of nitrogens with one attached hydrogen (secondary N) is 1. The number of nitrogens with zero attached hydrogens (tertiary/aromatic N) is 5. The van der Waals surface area contributed by atoms with E-state index in [1.807, 2.05) is 55.5 Å². The number of benzene rings is 2. The predicted octanol–water partition coefficient (Wildman–Crippen LogP) is 4.80. The number of aryl methyl sites for hydroxylation is 2. The van der Waals surface area contributed by atoms with Gasteiger partial charge in [0.25, 0.3) is 5.56 Å². The van der Waals surface area contributed by atoms with Crippen LogP contribution in [0, 0.1) is 6.92 Å². The summed E-state index contributed by atoms with van der Waals surface area (Å²) in [6.07, 6.45) is 5.12. The molecule has 10 heteroatoms. The van der Waals surface area contributed by atoms with E-state index in [1.165, 1.54) is 0 Å². The summed E-state index contributed by atoms with van der Waals surface area (Å²) in [6, 6.07) is 15.7. The normalized spacial score (nSPS) is 13.2. The molecule has 2 aromatic carbocycles. The maximum Gasteiger partial charge on any atom is 0.439 e. The molecule has 0 spiro atoms. The molecular weight excluding hydrogens is 508 g/mol. The maximum atomic E-state index is 13.8. The number of hydrogen-bond acceptors (Lipinski definition) is 8. The SMILES string of the molecule is CCCCc1nc(C)c(Cc2nc(C3CC3)no2)c(=O)n1Cc1ccc(-c2ccccc2-c2noc(=O)[nH]2)cc1. The van der Waals surface area contributed by atoms with Gasteiger partial charge >= 0.3 is 5.76 Å². The van der Waals surface area contributed by atoms with Gasteiger partial charge < -0.3 is 4.52 Å². The van der Waals surface area contributed by atoms with Crippen molar-refractivity contribution in [2.45, 2.75) is 64.8 Å². The highest BCUT2D eigenvalue weighted by molar-refractivity contribution is 5.80. The van der Waals surface area contributed by atoms with Gasteiger partial charge in [0.05, 0.1) is 13.0 Å². The molecule has 0 aliphatic heterocycles. The summed E-state index contributed by atoms with van der Waals surface area (Å²) in [6.45, 7) is 4.40. The third kappa shape index (κ3) is 5.29. The number of H-pyrrole nitrogens is 1. The number of aromatic amines is 1. The summed E-state index contributed by atoms with van der Waals surface area (Å²) in [7, 11) is 0. The second-order valence-corrected chi connectivity index (χ2v) is 10.3. The van der Waals surface area contributed by atoms with Gasteiger partial charge in [0.1, 0.15) is 5.82 Å². The fraction of sp³-hybridized carbons (Fsp3) is 0.333. The lowest BCUT2D eigenvalue weighted by Crippen LogP contribution is -2.30. The quantitative estimate of drug-likeness (QED) is 0.268. The van der Waals surface area contributed by atoms with Crippen LogP contribution in [0.15, 0.2) is 67.2 Å². The highest BCUT2D eigenvalue weighted by Gasteiger charge is 2.29. The lowest BCUT2D eigenvalue weighted by molar-refractivity contribution is 0.378. The molecule has 40 heavy (non-hydrogen) atoms. The molecule has 204 valence electrons. The van der Waals surface area contributed by atoms with E-state index in [4.69, 9.17) is 14.0 Å². The summed E-state index contributed by atoms with van der Waals surface area (Å²) < 4.78 is 11.9. The van der Waals surface area contributed by atoms with Gasteiger partial charge in [0.2, 0.25) is 5.89 Å². The summed E-state index contributed by atoms with van der Waals surface area (Å²) in [5, 5.41) is 7.94. The zero-order valence-corrected chi connectivity index (χ0v) is 22.5.